The topological polar surface area (TPSA) is 146 Å². The van der Waals surface area contributed by atoms with E-state index in [0.717, 1.165) is 33.4 Å². The molecule has 0 spiro atoms. The Hall–Kier alpha value is -4.41. The van der Waals surface area contributed by atoms with Gasteiger partial charge in [-0.1, -0.05) is 95.1 Å². The summed E-state index contributed by atoms with van der Waals surface area (Å²) >= 11 is 0. The molecule has 0 fully saturated rings. The molecule has 9 nitrogen and oxygen atoms in total. The van der Waals surface area contributed by atoms with E-state index < -0.39 is 22.0 Å². The Kier molecular flexibility index (Phi) is 3.23. The molecule has 9 heteroatoms. The first kappa shape index (κ1) is 18.4. The van der Waals surface area contributed by atoms with Crippen molar-refractivity contribution < 1.29 is 0 Å². The summed E-state index contributed by atoms with van der Waals surface area (Å²) in [6.45, 7) is 1.92. The van der Waals surface area contributed by atoms with Gasteiger partial charge in [-0.05, 0) is 50.0 Å². The molecule has 3 aliphatic carbocycles. The van der Waals surface area contributed by atoms with Crippen LogP contribution in [0.3, 0.4) is 0 Å². The number of fused-ring (bicyclic) bond motifs is 9. The summed E-state index contributed by atoms with van der Waals surface area (Å²) in [6, 6.07) is 22.7. The van der Waals surface area contributed by atoms with Gasteiger partial charge in [-0.25, -0.2) is 0 Å². The van der Waals surface area contributed by atoms with Crippen LogP contribution in [0.15, 0.2) is 88.1 Å². The number of hydrogen-bond donors (Lipinski definition) is 0. The summed E-state index contributed by atoms with van der Waals surface area (Å²) in [5.74, 6) is 0. The zero-order chi connectivity index (χ0) is 22.2. The molecule has 0 aromatic heterocycles. The quantitative estimate of drug-likeness (QED) is 0.254. The number of rotatable bonds is 3. The van der Waals surface area contributed by atoms with Gasteiger partial charge >= 0.3 is 0 Å². The van der Waals surface area contributed by atoms with Gasteiger partial charge in [0.2, 0.25) is 0 Å². The molecule has 0 aliphatic heterocycles. The first-order chi connectivity index (χ1) is 15.6. The molecular formula is C23H15N9. The normalized spacial score (nSPS) is 31.8. The molecule has 0 heterocycles. The number of nitrogens with zero attached hydrogens (tertiary/aromatic N) is 9. The first-order valence-corrected chi connectivity index (χ1v) is 10.1. The van der Waals surface area contributed by atoms with Crippen LogP contribution in [0, 0.1) is 5.41 Å². The van der Waals surface area contributed by atoms with E-state index in [1.54, 1.807) is 0 Å². The number of benzene rings is 3. The van der Waals surface area contributed by atoms with Crippen LogP contribution >= 0.6 is 0 Å². The van der Waals surface area contributed by atoms with Gasteiger partial charge in [0.05, 0.1) is 0 Å². The molecule has 0 N–H and O–H groups in total. The van der Waals surface area contributed by atoms with Crippen molar-refractivity contribution in [1.82, 2.24) is 0 Å². The molecule has 0 atom stereocenters. The van der Waals surface area contributed by atoms with Crippen LogP contribution in [-0.2, 0) is 16.6 Å². The molecule has 3 aromatic carbocycles. The molecule has 152 valence electrons. The van der Waals surface area contributed by atoms with Crippen molar-refractivity contribution in [2.24, 2.45) is 20.8 Å². The fourth-order valence-electron chi connectivity index (χ4n) is 7.00. The highest BCUT2D eigenvalue weighted by atomic mass is 15.3. The van der Waals surface area contributed by atoms with E-state index in [0.29, 0.717) is 0 Å². The van der Waals surface area contributed by atoms with E-state index in [-0.39, 0.29) is 0 Å². The summed E-state index contributed by atoms with van der Waals surface area (Å²) in [6.07, 6.45) is 0. The molecule has 3 aliphatic rings. The van der Waals surface area contributed by atoms with E-state index in [9.17, 15) is 16.6 Å². The van der Waals surface area contributed by atoms with Gasteiger partial charge in [-0.15, -0.1) is 0 Å². The Morgan fingerprint density at radius 3 is 0.906 bits per heavy atom. The Balaban J connectivity index is 2.02. The van der Waals surface area contributed by atoms with Crippen molar-refractivity contribution in [3.63, 3.8) is 0 Å². The van der Waals surface area contributed by atoms with Crippen molar-refractivity contribution in [2.75, 3.05) is 0 Å². The molecule has 0 amide bonds. The summed E-state index contributed by atoms with van der Waals surface area (Å²) < 4.78 is 0. The summed E-state index contributed by atoms with van der Waals surface area (Å²) in [5.41, 5.74) is 29.1. The molecule has 3 aromatic rings. The molecular weight excluding hydrogens is 402 g/mol. The summed E-state index contributed by atoms with van der Waals surface area (Å²) in [5, 5.41) is 13.4. The Morgan fingerprint density at radius 2 is 0.719 bits per heavy atom. The SMILES string of the molecule is CC12C3(N=[N+]=[N-])c4ccccc4C1(N=[N+]=[N-])c1ccccc1C2(N=[N+]=[N-])c1ccccc13. The van der Waals surface area contributed by atoms with Gasteiger partial charge in [0, 0.05) is 20.2 Å². The highest BCUT2D eigenvalue weighted by Crippen LogP contribution is 2.83. The molecule has 6 rings (SSSR count). The molecule has 0 saturated heterocycles. The monoisotopic (exact) mass is 417 g/mol. The van der Waals surface area contributed by atoms with Gasteiger partial charge in [0.15, 0.2) is 0 Å². The molecule has 0 radical (unpaired) electrons. The van der Waals surface area contributed by atoms with Crippen LogP contribution in [-0.4, -0.2) is 0 Å². The summed E-state index contributed by atoms with van der Waals surface area (Å²) in [7, 11) is 0. The first-order valence-electron chi connectivity index (χ1n) is 10.1. The molecule has 0 saturated carbocycles. The van der Waals surface area contributed by atoms with E-state index in [1.165, 1.54) is 0 Å². The Labute approximate surface area is 182 Å². The number of azide groups is 3. The van der Waals surface area contributed by atoms with Gasteiger partial charge in [-0.2, -0.15) is 0 Å². The average molecular weight is 417 g/mol. The third-order valence-corrected chi connectivity index (χ3v) is 7.87. The average Bonchev–Trinajstić information content (AvgIpc) is 3.23. The van der Waals surface area contributed by atoms with Crippen molar-refractivity contribution in [3.05, 3.63) is 138 Å². The second-order valence-corrected chi connectivity index (χ2v) is 8.46. The van der Waals surface area contributed by atoms with Gasteiger partial charge in [0.1, 0.15) is 16.6 Å². The molecule has 0 unspecified atom stereocenters. The van der Waals surface area contributed by atoms with E-state index >= 15 is 0 Å². The molecule has 0 bridgehead atoms. The predicted octanol–water partition coefficient (Wildman–Crippen LogP) is 6.70. The van der Waals surface area contributed by atoms with Crippen LogP contribution in [0.4, 0.5) is 0 Å². The largest absolute Gasteiger partial charge is 0.107 e. The predicted molar refractivity (Wildman–Crippen MR) is 117 cm³/mol. The highest BCUT2D eigenvalue weighted by molar-refractivity contribution is 5.76. The standard InChI is InChI=1S/C23H15N9/c1-20-21(27-30-24)14-8-2-3-9-15(14)22(20,28-31-25)18-12-6-7-13-19(18)23(20,29-32-26)17-11-5-4-10-16(17)21/h2-13H,1H3. The van der Waals surface area contributed by atoms with Crippen molar-refractivity contribution in [3.8, 4) is 0 Å². The van der Waals surface area contributed by atoms with Crippen LogP contribution in [0.5, 0.6) is 0 Å². The summed E-state index contributed by atoms with van der Waals surface area (Å²) in [4.78, 5) is 9.87. The van der Waals surface area contributed by atoms with Gasteiger partial charge < -0.3 is 0 Å². The van der Waals surface area contributed by atoms with Gasteiger partial charge in [0.25, 0.3) is 0 Å². The van der Waals surface area contributed by atoms with Crippen LogP contribution in [0.1, 0.15) is 40.3 Å². The van der Waals surface area contributed by atoms with Gasteiger partial charge in [-0.3, -0.25) is 0 Å². The van der Waals surface area contributed by atoms with Crippen molar-refractivity contribution >= 4 is 0 Å². The second-order valence-electron chi connectivity index (χ2n) is 8.46. The van der Waals surface area contributed by atoms with Crippen LogP contribution in [0.2, 0.25) is 0 Å². The van der Waals surface area contributed by atoms with Crippen LogP contribution < -0.4 is 0 Å². The Bertz CT molecular complexity index is 1240. The third-order valence-electron chi connectivity index (χ3n) is 7.87. The van der Waals surface area contributed by atoms with Crippen molar-refractivity contribution in [2.45, 2.75) is 23.5 Å². The Morgan fingerprint density at radius 1 is 0.500 bits per heavy atom. The zero-order valence-corrected chi connectivity index (χ0v) is 17.0. The minimum atomic E-state index is -1.25. The highest BCUT2D eigenvalue weighted by Gasteiger charge is 2.84. The minimum absolute atomic E-state index is 0.754. The second kappa shape index (κ2) is 5.63. The lowest BCUT2D eigenvalue weighted by Crippen LogP contribution is -2.52. The lowest BCUT2D eigenvalue weighted by Gasteiger charge is -2.47. The van der Waals surface area contributed by atoms with Crippen LogP contribution in [0.25, 0.3) is 31.3 Å². The number of hydrogen-bond acceptors (Lipinski definition) is 3. The zero-order valence-electron chi connectivity index (χ0n) is 17.0. The molecule has 32 heavy (non-hydrogen) atoms. The lowest BCUT2D eigenvalue weighted by molar-refractivity contribution is 0.0800. The van der Waals surface area contributed by atoms with Crippen molar-refractivity contribution in [1.29, 1.82) is 0 Å². The van der Waals surface area contributed by atoms with E-state index in [1.807, 2.05) is 79.7 Å². The lowest BCUT2D eigenvalue weighted by atomic mass is 9.60. The third kappa shape index (κ3) is 1.44. The maximum absolute atomic E-state index is 9.82. The van der Waals surface area contributed by atoms with E-state index in [4.69, 9.17) is 0 Å². The fraction of sp³-hybridized carbons (Fsp3) is 0.217. The van der Waals surface area contributed by atoms with E-state index in [2.05, 4.69) is 30.1 Å². The fourth-order valence-corrected chi connectivity index (χ4v) is 7.00. The maximum atomic E-state index is 9.82. The smallest absolute Gasteiger partial charge is 0.0771 e. The maximum Gasteiger partial charge on any atom is 0.107 e. The minimum Gasteiger partial charge on any atom is -0.0771 e.